The van der Waals surface area contributed by atoms with Crippen LogP contribution in [0.2, 0.25) is 0 Å². The summed E-state index contributed by atoms with van der Waals surface area (Å²) < 4.78 is 5.63. The van der Waals surface area contributed by atoms with E-state index >= 15 is 0 Å². The Bertz CT molecular complexity index is 831. The molecule has 3 N–H and O–H groups in total. The molecule has 0 unspecified atom stereocenters. The van der Waals surface area contributed by atoms with Crippen LogP contribution in [0, 0.1) is 0 Å². The fourth-order valence-corrected chi connectivity index (χ4v) is 2.05. The first kappa shape index (κ1) is 12.9. The van der Waals surface area contributed by atoms with Gasteiger partial charge in [-0.2, -0.15) is 0 Å². The second-order valence-electron chi connectivity index (χ2n) is 4.52. The van der Waals surface area contributed by atoms with Crippen molar-refractivity contribution < 1.29 is 14.6 Å². The highest BCUT2D eigenvalue weighted by Crippen LogP contribution is 2.28. The number of pyridine rings is 1. The normalized spacial score (nSPS) is 10.5. The molecule has 0 aliphatic heterocycles. The first-order valence-electron chi connectivity index (χ1n) is 6.29. The van der Waals surface area contributed by atoms with E-state index in [2.05, 4.69) is 4.98 Å². The van der Waals surface area contributed by atoms with E-state index in [-0.39, 0.29) is 17.2 Å². The molecule has 1 heterocycles. The summed E-state index contributed by atoms with van der Waals surface area (Å²) in [4.78, 5) is 15.4. The summed E-state index contributed by atoms with van der Waals surface area (Å²) in [7, 11) is 0. The number of hydrogen-bond acceptors (Lipinski definition) is 4. The monoisotopic (exact) mass is 280 g/mol. The molecule has 3 rings (SSSR count). The molecule has 0 atom stereocenters. The second kappa shape index (κ2) is 5.13. The maximum Gasteiger partial charge on any atom is 0.254 e. The van der Waals surface area contributed by atoms with Crippen LogP contribution in [-0.2, 0) is 0 Å². The van der Waals surface area contributed by atoms with Gasteiger partial charge in [0.15, 0.2) is 0 Å². The Hall–Kier alpha value is -3.08. The SMILES string of the molecule is NC(=O)c1cccnc1Oc1ccc2ccc(O)cc2c1. The number of fused-ring (bicyclic) bond motifs is 1. The lowest BCUT2D eigenvalue weighted by atomic mass is 10.1. The number of carbonyl (C=O) groups is 1. The van der Waals surface area contributed by atoms with Gasteiger partial charge in [-0.3, -0.25) is 4.79 Å². The number of ether oxygens (including phenoxy) is 1. The van der Waals surface area contributed by atoms with Gasteiger partial charge in [0.05, 0.1) is 0 Å². The van der Waals surface area contributed by atoms with Crippen LogP contribution in [0.15, 0.2) is 54.7 Å². The van der Waals surface area contributed by atoms with E-state index in [0.29, 0.717) is 5.75 Å². The second-order valence-corrected chi connectivity index (χ2v) is 4.52. The average molecular weight is 280 g/mol. The van der Waals surface area contributed by atoms with Gasteiger partial charge in [-0.15, -0.1) is 0 Å². The van der Waals surface area contributed by atoms with Gasteiger partial charge in [0.25, 0.3) is 5.91 Å². The molecule has 2 aromatic carbocycles. The van der Waals surface area contributed by atoms with Crippen LogP contribution in [0.5, 0.6) is 17.4 Å². The van der Waals surface area contributed by atoms with Crippen LogP contribution in [0.1, 0.15) is 10.4 Å². The van der Waals surface area contributed by atoms with Crippen LogP contribution in [0.25, 0.3) is 10.8 Å². The van der Waals surface area contributed by atoms with Crippen molar-refractivity contribution in [3.63, 3.8) is 0 Å². The number of phenolic OH excluding ortho intramolecular Hbond substituents is 1. The number of primary amides is 1. The first-order valence-corrected chi connectivity index (χ1v) is 6.29. The zero-order valence-electron chi connectivity index (χ0n) is 11.0. The number of benzene rings is 2. The molecule has 0 radical (unpaired) electrons. The molecule has 0 aliphatic rings. The fourth-order valence-electron chi connectivity index (χ4n) is 2.05. The van der Waals surface area contributed by atoms with Crippen molar-refractivity contribution in [3.05, 3.63) is 60.3 Å². The van der Waals surface area contributed by atoms with Crippen molar-refractivity contribution in [2.75, 3.05) is 0 Å². The lowest BCUT2D eigenvalue weighted by Crippen LogP contribution is -2.12. The van der Waals surface area contributed by atoms with Crippen LogP contribution in [0.3, 0.4) is 0 Å². The molecular weight excluding hydrogens is 268 g/mol. The molecule has 3 aromatic rings. The Balaban J connectivity index is 2.00. The Morgan fingerprint density at radius 1 is 1.10 bits per heavy atom. The Morgan fingerprint density at radius 2 is 1.90 bits per heavy atom. The third kappa shape index (κ3) is 2.62. The zero-order chi connectivity index (χ0) is 14.8. The molecule has 21 heavy (non-hydrogen) atoms. The summed E-state index contributed by atoms with van der Waals surface area (Å²) in [6.45, 7) is 0. The smallest absolute Gasteiger partial charge is 0.254 e. The number of carbonyl (C=O) groups excluding carboxylic acids is 1. The molecular formula is C16H12N2O3. The zero-order valence-corrected chi connectivity index (χ0v) is 11.0. The lowest BCUT2D eigenvalue weighted by Gasteiger charge is -2.08. The number of aromatic nitrogens is 1. The summed E-state index contributed by atoms with van der Waals surface area (Å²) in [5, 5.41) is 11.3. The van der Waals surface area contributed by atoms with Crippen LogP contribution in [-0.4, -0.2) is 16.0 Å². The number of nitrogens with two attached hydrogens (primary N) is 1. The predicted octanol–water partition coefficient (Wildman–Crippen LogP) is 2.83. The summed E-state index contributed by atoms with van der Waals surface area (Å²) in [5.41, 5.74) is 5.50. The average Bonchev–Trinajstić information content (AvgIpc) is 2.47. The van der Waals surface area contributed by atoms with Gasteiger partial charge in [0.1, 0.15) is 17.1 Å². The van der Waals surface area contributed by atoms with Crippen molar-refractivity contribution in [2.24, 2.45) is 5.73 Å². The highest BCUT2D eigenvalue weighted by atomic mass is 16.5. The van der Waals surface area contributed by atoms with Crippen molar-refractivity contribution in [3.8, 4) is 17.4 Å². The van der Waals surface area contributed by atoms with Crippen LogP contribution in [0.4, 0.5) is 0 Å². The minimum atomic E-state index is -0.600. The summed E-state index contributed by atoms with van der Waals surface area (Å²) in [5.74, 6) is 0.241. The first-order chi connectivity index (χ1) is 10.1. The molecule has 5 nitrogen and oxygen atoms in total. The van der Waals surface area contributed by atoms with E-state index in [1.54, 1.807) is 36.4 Å². The molecule has 0 saturated carbocycles. The highest BCUT2D eigenvalue weighted by Gasteiger charge is 2.11. The van der Waals surface area contributed by atoms with Gasteiger partial charge >= 0.3 is 0 Å². The van der Waals surface area contributed by atoms with Crippen molar-refractivity contribution in [1.82, 2.24) is 4.98 Å². The maximum absolute atomic E-state index is 11.3. The molecule has 1 amide bonds. The highest BCUT2D eigenvalue weighted by molar-refractivity contribution is 5.95. The quantitative estimate of drug-likeness (QED) is 0.772. The number of hydrogen-bond donors (Lipinski definition) is 2. The molecule has 104 valence electrons. The van der Waals surface area contributed by atoms with Gasteiger partial charge in [-0.25, -0.2) is 4.98 Å². The third-order valence-electron chi connectivity index (χ3n) is 3.05. The third-order valence-corrected chi connectivity index (χ3v) is 3.05. The summed E-state index contributed by atoms with van der Waals surface area (Å²) in [6, 6.07) is 13.6. The van der Waals surface area contributed by atoms with Crippen molar-refractivity contribution in [1.29, 1.82) is 0 Å². The predicted molar refractivity (Wildman–Crippen MR) is 78.4 cm³/mol. The Morgan fingerprint density at radius 3 is 2.71 bits per heavy atom. The number of phenols is 1. The molecule has 0 aliphatic carbocycles. The van der Waals surface area contributed by atoms with Crippen LogP contribution >= 0.6 is 0 Å². The molecule has 5 heteroatoms. The standard InChI is InChI=1S/C16H12N2O3/c17-15(20)14-2-1-7-18-16(14)21-13-6-4-10-3-5-12(19)8-11(10)9-13/h1-9,19H,(H2,17,20). The van der Waals surface area contributed by atoms with E-state index in [1.807, 2.05) is 12.1 Å². The molecule has 0 fully saturated rings. The van der Waals surface area contributed by atoms with Gasteiger partial charge < -0.3 is 15.6 Å². The van der Waals surface area contributed by atoms with E-state index in [1.165, 1.54) is 6.20 Å². The van der Waals surface area contributed by atoms with Crippen molar-refractivity contribution >= 4 is 16.7 Å². The Kier molecular flexibility index (Phi) is 3.16. The molecule has 1 aromatic heterocycles. The lowest BCUT2D eigenvalue weighted by molar-refractivity contribution is 0.0997. The van der Waals surface area contributed by atoms with E-state index in [0.717, 1.165) is 10.8 Å². The Labute approximate surface area is 120 Å². The number of nitrogens with zero attached hydrogens (tertiary/aromatic N) is 1. The molecule has 0 bridgehead atoms. The van der Waals surface area contributed by atoms with Gasteiger partial charge in [0.2, 0.25) is 5.88 Å². The van der Waals surface area contributed by atoms with Gasteiger partial charge in [0, 0.05) is 6.20 Å². The number of rotatable bonds is 3. The fraction of sp³-hybridized carbons (Fsp3) is 0. The minimum Gasteiger partial charge on any atom is -0.508 e. The van der Waals surface area contributed by atoms with E-state index in [9.17, 15) is 9.90 Å². The minimum absolute atomic E-state index is 0.157. The molecule has 0 saturated heterocycles. The van der Waals surface area contributed by atoms with Gasteiger partial charge in [-0.05, 0) is 47.2 Å². The van der Waals surface area contributed by atoms with Gasteiger partial charge in [-0.1, -0.05) is 12.1 Å². The molecule has 0 spiro atoms. The summed E-state index contributed by atoms with van der Waals surface area (Å²) >= 11 is 0. The maximum atomic E-state index is 11.3. The largest absolute Gasteiger partial charge is 0.508 e. The summed E-state index contributed by atoms with van der Waals surface area (Å²) in [6.07, 6.45) is 1.52. The van der Waals surface area contributed by atoms with Crippen LogP contribution < -0.4 is 10.5 Å². The number of aromatic hydroxyl groups is 1. The topological polar surface area (TPSA) is 85.4 Å². The van der Waals surface area contributed by atoms with Crippen molar-refractivity contribution in [2.45, 2.75) is 0 Å². The van der Waals surface area contributed by atoms with E-state index in [4.69, 9.17) is 10.5 Å². The number of amides is 1. The van der Waals surface area contributed by atoms with E-state index < -0.39 is 5.91 Å².